The van der Waals surface area contributed by atoms with Gasteiger partial charge in [-0.1, -0.05) is 54.1 Å². The smallest absolute Gasteiger partial charge is 0.331 e. The molecule has 2 aromatic rings. The Balaban J connectivity index is 1.25. The van der Waals surface area contributed by atoms with Gasteiger partial charge in [0.25, 0.3) is 0 Å². The molecule has 0 saturated heterocycles. The van der Waals surface area contributed by atoms with Crippen LogP contribution in [0.4, 0.5) is 0 Å². The quantitative estimate of drug-likeness (QED) is 0.400. The highest BCUT2D eigenvalue weighted by Gasteiger charge is 2.49. The number of esters is 1. The van der Waals surface area contributed by atoms with Gasteiger partial charge in [-0.05, 0) is 99.3 Å². The number of nitrogens with one attached hydrogen (secondary N) is 1. The summed E-state index contributed by atoms with van der Waals surface area (Å²) in [6.07, 6.45) is 9.81. The third-order valence-corrected chi connectivity index (χ3v) is 8.55. The monoisotopic (exact) mass is 471 g/mol. The van der Waals surface area contributed by atoms with Gasteiger partial charge in [0.2, 0.25) is 5.91 Å². The van der Waals surface area contributed by atoms with Gasteiger partial charge in [-0.15, -0.1) is 0 Å². The number of carbonyl (C=O) groups excluding carboxylic acids is 2. The molecule has 4 bridgehead atoms. The third kappa shape index (κ3) is 5.22. The Kier molecular flexibility index (Phi) is 6.57. The maximum absolute atomic E-state index is 13.6. The normalized spacial score (nSPS) is 27.2. The minimum atomic E-state index is -0.656. The highest BCUT2D eigenvalue weighted by Crippen LogP contribution is 2.53. The van der Waals surface area contributed by atoms with Crippen molar-refractivity contribution in [1.29, 1.82) is 0 Å². The van der Waals surface area contributed by atoms with E-state index in [0.717, 1.165) is 34.1 Å². The van der Waals surface area contributed by atoms with Gasteiger partial charge in [-0.3, -0.25) is 4.79 Å². The molecule has 0 atom stereocenters. The zero-order chi connectivity index (χ0) is 24.6. The molecule has 4 heteroatoms. The van der Waals surface area contributed by atoms with E-state index < -0.39 is 5.41 Å². The van der Waals surface area contributed by atoms with Crippen LogP contribution in [0.15, 0.2) is 54.6 Å². The summed E-state index contributed by atoms with van der Waals surface area (Å²) < 4.78 is 5.36. The highest BCUT2D eigenvalue weighted by atomic mass is 16.5. The summed E-state index contributed by atoms with van der Waals surface area (Å²) in [5.41, 5.74) is 3.23. The summed E-state index contributed by atoms with van der Waals surface area (Å²) in [5.74, 6) is 2.83. The predicted octanol–water partition coefficient (Wildman–Crippen LogP) is 5.97. The minimum absolute atomic E-state index is 0.109. The molecule has 2 aromatic carbocycles. The average molecular weight is 472 g/mol. The van der Waals surface area contributed by atoms with Crippen LogP contribution in [0.3, 0.4) is 0 Å². The van der Waals surface area contributed by atoms with E-state index in [0.29, 0.717) is 17.9 Å². The van der Waals surface area contributed by atoms with Crippen molar-refractivity contribution < 1.29 is 14.3 Å². The maximum Gasteiger partial charge on any atom is 0.331 e. The summed E-state index contributed by atoms with van der Waals surface area (Å²) in [5, 5.41) is 3.49. The lowest BCUT2D eigenvalue weighted by atomic mass is 9.54. The Morgan fingerprint density at radius 3 is 2.29 bits per heavy atom. The Bertz CT molecular complexity index is 1090. The molecule has 4 fully saturated rings. The van der Waals surface area contributed by atoms with Crippen LogP contribution in [-0.4, -0.2) is 17.9 Å². The first-order valence-electron chi connectivity index (χ1n) is 13.1. The Morgan fingerprint density at radius 2 is 1.63 bits per heavy atom. The van der Waals surface area contributed by atoms with Crippen LogP contribution >= 0.6 is 0 Å². The summed E-state index contributed by atoms with van der Waals surface area (Å²) in [7, 11) is 0. The lowest BCUT2D eigenvalue weighted by Gasteiger charge is -2.54. The largest absolute Gasteiger partial charge is 0.458 e. The Hall–Kier alpha value is -2.88. The molecule has 0 heterocycles. The van der Waals surface area contributed by atoms with Crippen LogP contribution in [0, 0.1) is 30.6 Å². The molecule has 0 spiro atoms. The van der Waals surface area contributed by atoms with Crippen LogP contribution in [0.5, 0.6) is 0 Å². The highest BCUT2D eigenvalue weighted by molar-refractivity contribution is 5.89. The summed E-state index contributed by atoms with van der Waals surface area (Å²) >= 11 is 0. The van der Waals surface area contributed by atoms with E-state index in [1.54, 1.807) is 6.08 Å². The number of carbonyl (C=O) groups is 2. The van der Waals surface area contributed by atoms with E-state index in [1.165, 1.54) is 38.2 Å². The Morgan fingerprint density at radius 1 is 0.971 bits per heavy atom. The second-order valence-corrected chi connectivity index (χ2v) is 11.6. The number of amides is 1. The fourth-order valence-corrected chi connectivity index (χ4v) is 6.83. The second-order valence-electron chi connectivity index (χ2n) is 11.6. The van der Waals surface area contributed by atoms with Crippen molar-refractivity contribution in [3.05, 3.63) is 76.9 Å². The van der Waals surface area contributed by atoms with Gasteiger partial charge in [0.05, 0.1) is 5.41 Å². The van der Waals surface area contributed by atoms with E-state index in [4.69, 9.17) is 4.74 Å². The molecule has 4 nitrogen and oxygen atoms in total. The third-order valence-electron chi connectivity index (χ3n) is 8.55. The fraction of sp³-hybridized carbons (Fsp3) is 0.484. The van der Waals surface area contributed by atoms with Crippen LogP contribution in [0.2, 0.25) is 0 Å². The maximum atomic E-state index is 13.6. The summed E-state index contributed by atoms with van der Waals surface area (Å²) in [6, 6.07) is 16.1. The van der Waals surface area contributed by atoms with Crippen molar-refractivity contribution in [2.75, 3.05) is 0 Å². The predicted molar refractivity (Wildman–Crippen MR) is 138 cm³/mol. The number of hydrogen-bond acceptors (Lipinski definition) is 3. The Labute approximate surface area is 209 Å². The molecule has 4 aliphatic rings. The molecule has 0 aliphatic heterocycles. The first kappa shape index (κ1) is 23.8. The van der Waals surface area contributed by atoms with E-state index in [9.17, 15) is 9.59 Å². The lowest BCUT2D eigenvalue weighted by Crippen LogP contribution is -2.58. The van der Waals surface area contributed by atoms with Gasteiger partial charge in [-0.25, -0.2) is 4.79 Å². The number of ether oxygens (including phenoxy) is 1. The zero-order valence-corrected chi connectivity index (χ0v) is 21.1. The van der Waals surface area contributed by atoms with Gasteiger partial charge >= 0.3 is 5.97 Å². The average Bonchev–Trinajstić information content (AvgIpc) is 2.83. The lowest BCUT2D eigenvalue weighted by molar-refractivity contribution is -0.139. The molecule has 6 rings (SSSR count). The topological polar surface area (TPSA) is 55.4 Å². The van der Waals surface area contributed by atoms with Crippen LogP contribution in [0.25, 0.3) is 6.08 Å². The van der Waals surface area contributed by atoms with E-state index >= 15 is 0 Å². The second kappa shape index (κ2) is 9.64. The van der Waals surface area contributed by atoms with Crippen molar-refractivity contribution in [3.8, 4) is 0 Å². The number of rotatable bonds is 7. The van der Waals surface area contributed by atoms with E-state index in [2.05, 4.69) is 11.4 Å². The van der Waals surface area contributed by atoms with Gasteiger partial charge in [0, 0.05) is 12.1 Å². The molecular formula is C31H37NO3. The van der Waals surface area contributed by atoms with Gasteiger partial charge < -0.3 is 10.1 Å². The number of hydrogen-bond donors (Lipinski definition) is 1. The number of benzene rings is 2. The zero-order valence-electron chi connectivity index (χ0n) is 21.1. The van der Waals surface area contributed by atoms with E-state index in [1.807, 2.05) is 63.2 Å². The fourth-order valence-electron chi connectivity index (χ4n) is 6.83. The van der Waals surface area contributed by atoms with Crippen LogP contribution < -0.4 is 5.32 Å². The molecule has 0 unspecified atom stereocenters. The first-order valence-corrected chi connectivity index (χ1v) is 13.1. The van der Waals surface area contributed by atoms with Crippen molar-refractivity contribution in [1.82, 2.24) is 5.32 Å². The van der Waals surface area contributed by atoms with Gasteiger partial charge in [0.1, 0.15) is 6.61 Å². The molecule has 0 radical (unpaired) electrons. The SMILES string of the molecule is Cc1cc(C=CC(=O)OCc2ccccc2)cc(C(C)(C)C(=O)NC2C3CC4CC(C3)CC2C4)c1. The van der Waals surface area contributed by atoms with E-state index in [-0.39, 0.29) is 18.5 Å². The van der Waals surface area contributed by atoms with Gasteiger partial charge in [-0.2, -0.15) is 0 Å². The van der Waals surface area contributed by atoms with Gasteiger partial charge in [0.15, 0.2) is 0 Å². The van der Waals surface area contributed by atoms with Crippen LogP contribution in [0.1, 0.15) is 68.2 Å². The van der Waals surface area contributed by atoms with Crippen molar-refractivity contribution >= 4 is 18.0 Å². The number of aryl methyl sites for hydroxylation is 1. The minimum Gasteiger partial charge on any atom is -0.458 e. The van der Waals surface area contributed by atoms with Crippen molar-refractivity contribution in [3.63, 3.8) is 0 Å². The molecule has 0 aromatic heterocycles. The molecule has 1 amide bonds. The standard InChI is InChI=1S/C31H37NO3/c1-20-11-22(9-10-28(33)35-19-21-7-5-4-6-8-21)18-27(12-20)31(2,3)30(34)32-29-25-14-23-13-24(16-25)17-26(29)15-23/h4-12,18,23-26,29H,13-17,19H2,1-3H3,(H,32,34). The summed E-state index contributed by atoms with van der Waals surface area (Å²) in [4.78, 5) is 25.8. The summed E-state index contributed by atoms with van der Waals surface area (Å²) in [6.45, 7) is 6.30. The van der Waals surface area contributed by atoms with Crippen LogP contribution in [-0.2, 0) is 26.3 Å². The molecule has 184 valence electrons. The first-order chi connectivity index (χ1) is 16.8. The van der Waals surface area contributed by atoms with Crippen molar-refractivity contribution in [2.24, 2.45) is 23.7 Å². The van der Waals surface area contributed by atoms with Crippen molar-refractivity contribution in [2.45, 2.75) is 70.9 Å². The molecule has 4 saturated carbocycles. The molecule has 1 N–H and O–H groups in total. The molecular weight excluding hydrogens is 434 g/mol. The molecule has 4 aliphatic carbocycles. The molecule has 35 heavy (non-hydrogen) atoms.